The first-order valence-corrected chi connectivity index (χ1v) is 8.35. The van der Waals surface area contributed by atoms with E-state index in [1.807, 2.05) is 24.6 Å². The van der Waals surface area contributed by atoms with Crippen LogP contribution in [0.5, 0.6) is 0 Å². The number of benzene rings is 2. The van der Waals surface area contributed by atoms with E-state index in [1.165, 1.54) is 11.1 Å². The smallest absolute Gasteiger partial charge is 0.209 e. The standard InChI is InChI=1S/C21H20ClNO/c1-14-6-4-5-7-17(14)13-19-12-15(2)20(23(19)3)21(24)16-8-10-18(22)11-9-16/h4-12H,13H2,1-3H3. The lowest BCUT2D eigenvalue weighted by molar-refractivity contribution is 0.103. The second-order valence-electron chi connectivity index (χ2n) is 6.17. The first-order chi connectivity index (χ1) is 11.5. The number of ketones is 1. The molecule has 2 nitrogen and oxygen atoms in total. The molecule has 0 aliphatic heterocycles. The minimum Gasteiger partial charge on any atom is -0.344 e. The Balaban J connectivity index is 1.96. The van der Waals surface area contributed by atoms with Gasteiger partial charge in [-0.2, -0.15) is 0 Å². The molecule has 1 aromatic heterocycles. The van der Waals surface area contributed by atoms with Crippen LogP contribution in [0.25, 0.3) is 0 Å². The average molecular weight is 338 g/mol. The molecule has 0 amide bonds. The summed E-state index contributed by atoms with van der Waals surface area (Å²) >= 11 is 5.92. The van der Waals surface area contributed by atoms with Crippen molar-refractivity contribution in [1.29, 1.82) is 0 Å². The maximum Gasteiger partial charge on any atom is 0.209 e. The van der Waals surface area contributed by atoms with E-state index in [9.17, 15) is 4.79 Å². The van der Waals surface area contributed by atoms with Crippen LogP contribution in [0.4, 0.5) is 0 Å². The highest BCUT2D eigenvalue weighted by molar-refractivity contribution is 6.30. The number of aryl methyl sites for hydroxylation is 2. The highest BCUT2D eigenvalue weighted by atomic mass is 35.5. The molecule has 3 rings (SSSR count). The largest absolute Gasteiger partial charge is 0.344 e. The quantitative estimate of drug-likeness (QED) is 0.606. The molecule has 0 bridgehead atoms. The molecule has 24 heavy (non-hydrogen) atoms. The topological polar surface area (TPSA) is 22.0 Å². The van der Waals surface area contributed by atoms with Crippen LogP contribution in [-0.2, 0) is 13.5 Å². The summed E-state index contributed by atoms with van der Waals surface area (Å²) < 4.78 is 2.01. The summed E-state index contributed by atoms with van der Waals surface area (Å²) in [6, 6.07) is 17.5. The molecular weight excluding hydrogens is 318 g/mol. The molecule has 0 radical (unpaired) electrons. The molecule has 0 atom stereocenters. The van der Waals surface area contributed by atoms with Gasteiger partial charge in [0.15, 0.2) is 0 Å². The van der Waals surface area contributed by atoms with Gasteiger partial charge in [0.05, 0.1) is 5.69 Å². The Morgan fingerprint density at radius 2 is 1.67 bits per heavy atom. The van der Waals surface area contributed by atoms with E-state index in [0.29, 0.717) is 10.6 Å². The van der Waals surface area contributed by atoms with Gasteiger partial charge in [-0.1, -0.05) is 35.9 Å². The van der Waals surface area contributed by atoms with Crippen molar-refractivity contribution in [2.45, 2.75) is 20.3 Å². The van der Waals surface area contributed by atoms with Crippen LogP contribution in [-0.4, -0.2) is 10.4 Å². The molecule has 0 unspecified atom stereocenters. The molecule has 0 spiro atoms. The molecule has 3 heteroatoms. The van der Waals surface area contributed by atoms with Crippen molar-refractivity contribution in [3.05, 3.63) is 93.3 Å². The molecular formula is C21H20ClNO. The minimum absolute atomic E-state index is 0.0303. The van der Waals surface area contributed by atoms with Gasteiger partial charge in [0.1, 0.15) is 0 Å². The number of halogens is 1. The lowest BCUT2D eigenvalue weighted by Gasteiger charge is -2.10. The first kappa shape index (κ1) is 16.5. The normalized spacial score (nSPS) is 10.8. The van der Waals surface area contributed by atoms with Crippen molar-refractivity contribution in [3.8, 4) is 0 Å². The van der Waals surface area contributed by atoms with Crippen LogP contribution < -0.4 is 0 Å². The number of carbonyl (C=O) groups is 1. The van der Waals surface area contributed by atoms with Crippen molar-refractivity contribution in [3.63, 3.8) is 0 Å². The summed E-state index contributed by atoms with van der Waals surface area (Å²) in [6.45, 7) is 4.11. The molecule has 2 aromatic carbocycles. The van der Waals surface area contributed by atoms with E-state index in [1.54, 1.807) is 24.3 Å². The van der Waals surface area contributed by atoms with Gasteiger partial charge in [0, 0.05) is 29.7 Å². The SMILES string of the molecule is Cc1ccccc1Cc1cc(C)c(C(=O)c2ccc(Cl)cc2)n1C. The van der Waals surface area contributed by atoms with Crippen LogP contribution in [0.3, 0.4) is 0 Å². The third kappa shape index (κ3) is 3.15. The summed E-state index contributed by atoms with van der Waals surface area (Å²) in [5, 5.41) is 0.635. The molecule has 0 saturated carbocycles. The Morgan fingerprint density at radius 1 is 1.00 bits per heavy atom. The van der Waals surface area contributed by atoms with Crippen LogP contribution in [0.2, 0.25) is 5.02 Å². The summed E-state index contributed by atoms with van der Waals surface area (Å²) in [5.74, 6) is 0.0303. The van der Waals surface area contributed by atoms with Crippen molar-refractivity contribution in [2.24, 2.45) is 7.05 Å². The van der Waals surface area contributed by atoms with E-state index in [0.717, 1.165) is 23.4 Å². The lowest BCUT2D eigenvalue weighted by atomic mass is 10.0. The van der Waals surface area contributed by atoms with E-state index < -0.39 is 0 Å². The fourth-order valence-corrected chi connectivity index (χ4v) is 3.19. The Hall–Kier alpha value is -2.32. The number of hydrogen-bond donors (Lipinski definition) is 0. The van der Waals surface area contributed by atoms with E-state index in [2.05, 4.69) is 31.2 Å². The maximum absolute atomic E-state index is 12.9. The van der Waals surface area contributed by atoms with Crippen molar-refractivity contribution >= 4 is 17.4 Å². The fraction of sp³-hybridized carbons (Fsp3) is 0.190. The third-order valence-electron chi connectivity index (χ3n) is 4.48. The summed E-state index contributed by atoms with van der Waals surface area (Å²) in [5.41, 5.74) is 6.08. The molecule has 0 saturated heterocycles. The number of aromatic nitrogens is 1. The van der Waals surface area contributed by atoms with E-state index in [4.69, 9.17) is 11.6 Å². The summed E-state index contributed by atoms with van der Waals surface area (Å²) in [6.07, 6.45) is 0.817. The number of hydrogen-bond acceptors (Lipinski definition) is 1. The molecule has 122 valence electrons. The van der Waals surface area contributed by atoms with Gasteiger partial charge in [0.25, 0.3) is 0 Å². The second kappa shape index (κ2) is 6.66. The van der Waals surface area contributed by atoms with Crippen molar-refractivity contribution in [1.82, 2.24) is 4.57 Å². The third-order valence-corrected chi connectivity index (χ3v) is 4.73. The Kier molecular flexibility index (Phi) is 4.59. The van der Waals surface area contributed by atoms with Crippen LogP contribution in [0.1, 0.15) is 38.4 Å². The Labute approximate surface area is 147 Å². The van der Waals surface area contributed by atoms with Crippen LogP contribution in [0.15, 0.2) is 54.6 Å². The van der Waals surface area contributed by atoms with Gasteiger partial charge in [-0.15, -0.1) is 0 Å². The molecule has 0 N–H and O–H groups in total. The zero-order chi connectivity index (χ0) is 17.3. The molecule has 0 fully saturated rings. The number of nitrogens with zero attached hydrogens (tertiary/aromatic N) is 1. The Morgan fingerprint density at radius 3 is 2.33 bits per heavy atom. The van der Waals surface area contributed by atoms with Gasteiger partial charge in [-0.05, 0) is 60.9 Å². The monoisotopic (exact) mass is 337 g/mol. The number of rotatable bonds is 4. The molecule has 0 aliphatic carbocycles. The van der Waals surface area contributed by atoms with E-state index in [-0.39, 0.29) is 5.78 Å². The number of carbonyl (C=O) groups excluding carboxylic acids is 1. The summed E-state index contributed by atoms with van der Waals surface area (Å²) in [7, 11) is 1.96. The van der Waals surface area contributed by atoms with Crippen LogP contribution >= 0.6 is 11.6 Å². The van der Waals surface area contributed by atoms with Crippen LogP contribution in [0, 0.1) is 13.8 Å². The van der Waals surface area contributed by atoms with E-state index >= 15 is 0 Å². The van der Waals surface area contributed by atoms with Gasteiger partial charge in [-0.3, -0.25) is 4.79 Å². The molecule has 1 heterocycles. The fourth-order valence-electron chi connectivity index (χ4n) is 3.07. The zero-order valence-electron chi connectivity index (χ0n) is 14.1. The minimum atomic E-state index is 0.0303. The average Bonchev–Trinajstić information content (AvgIpc) is 2.84. The summed E-state index contributed by atoms with van der Waals surface area (Å²) in [4.78, 5) is 12.9. The maximum atomic E-state index is 12.9. The van der Waals surface area contributed by atoms with Gasteiger partial charge >= 0.3 is 0 Å². The second-order valence-corrected chi connectivity index (χ2v) is 6.60. The van der Waals surface area contributed by atoms with Crippen molar-refractivity contribution < 1.29 is 4.79 Å². The zero-order valence-corrected chi connectivity index (χ0v) is 14.9. The highest BCUT2D eigenvalue weighted by Crippen LogP contribution is 2.22. The predicted molar refractivity (Wildman–Crippen MR) is 99.0 cm³/mol. The highest BCUT2D eigenvalue weighted by Gasteiger charge is 2.18. The predicted octanol–water partition coefficient (Wildman–Crippen LogP) is 5.12. The van der Waals surface area contributed by atoms with Gasteiger partial charge in [-0.25, -0.2) is 0 Å². The molecule has 0 aliphatic rings. The molecule has 3 aromatic rings. The van der Waals surface area contributed by atoms with Crippen molar-refractivity contribution in [2.75, 3.05) is 0 Å². The lowest BCUT2D eigenvalue weighted by Crippen LogP contribution is -2.10. The van der Waals surface area contributed by atoms with Gasteiger partial charge in [0.2, 0.25) is 5.78 Å². The van der Waals surface area contributed by atoms with Gasteiger partial charge < -0.3 is 4.57 Å². The Bertz CT molecular complexity index is 891. The first-order valence-electron chi connectivity index (χ1n) is 7.97.